The lowest BCUT2D eigenvalue weighted by Gasteiger charge is -2.33. The number of rotatable bonds is 6. The molecule has 1 aromatic rings. The van der Waals surface area contributed by atoms with Crippen LogP contribution in [0.2, 0.25) is 0 Å². The summed E-state index contributed by atoms with van der Waals surface area (Å²) in [5.41, 5.74) is 0.649. The summed E-state index contributed by atoms with van der Waals surface area (Å²) in [6.07, 6.45) is 1.42. The number of hydrogen-bond donors (Lipinski definition) is 1. The molecule has 0 aromatic heterocycles. The van der Waals surface area contributed by atoms with E-state index in [0.717, 1.165) is 5.96 Å². The first-order valence-corrected chi connectivity index (χ1v) is 10.9. The van der Waals surface area contributed by atoms with Gasteiger partial charge in [0.05, 0.1) is 24.5 Å². The molecule has 2 rings (SSSR count). The summed E-state index contributed by atoms with van der Waals surface area (Å²) in [5, 5.41) is 3.26. The van der Waals surface area contributed by atoms with E-state index in [9.17, 15) is 13.2 Å². The number of guanidine groups is 1. The van der Waals surface area contributed by atoms with Gasteiger partial charge in [-0.3, -0.25) is 4.79 Å². The molecule has 0 spiro atoms. The van der Waals surface area contributed by atoms with Gasteiger partial charge in [0.25, 0.3) is 0 Å². The molecule has 1 N–H and O–H groups in total. The molecule has 1 heterocycles. The summed E-state index contributed by atoms with van der Waals surface area (Å²) >= 11 is 0. The van der Waals surface area contributed by atoms with Crippen LogP contribution >= 0.6 is 24.0 Å². The van der Waals surface area contributed by atoms with Gasteiger partial charge in [-0.25, -0.2) is 17.7 Å². The number of esters is 1. The quantitative estimate of drug-likeness (QED) is 0.258. The van der Waals surface area contributed by atoms with Crippen molar-refractivity contribution >= 4 is 45.9 Å². The second-order valence-electron chi connectivity index (χ2n) is 6.85. The van der Waals surface area contributed by atoms with E-state index in [1.165, 1.54) is 25.5 Å². The highest BCUT2D eigenvalue weighted by molar-refractivity contribution is 14.0. The summed E-state index contributed by atoms with van der Waals surface area (Å²) in [5.74, 6) is 0.488. The normalized spacial score (nSPS) is 15.8. The molecule has 164 valence electrons. The standard InChI is InChI=1S/C19H30N4O4S.HI/c1-5-20-19(23-12-10-15(11-13-23)18(24)27-4)21-14-16-8-6-7-9-17(16)28(25,26)22(2)3;/h6-9,15H,5,10-14H2,1-4H3,(H,20,21);1H. The van der Waals surface area contributed by atoms with Crippen LogP contribution in [0.15, 0.2) is 34.2 Å². The zero-order chi connectivity index (χ0) is 20.7. The second-order valence-corrected chi connectivity index (χ2v) is 8.97. The van der Waals surface area contributed by atoms with Crippen LogP contribution < -0.4 is 5.32 Å². The lowest BCUT2D eigenvalue weighted by Crippen LogP contribution is -2.46. The third-order valence-electron chi connectivity index (χ3n) is 4.79. The van der Waals surface area contributed by atoms with Crippen LogP contribution in [0.4, 0.5) is 0 Å². The highest BCUT2D eigenvalue weighted by atomic mass is 127. The number of ether oxygens (including phenoxy) is 1. The maximum atomic E-state index is 12.6. The SMILES string of the molecule is CCNC(=NCc1ccccc1S(=O)(=O)N(C)C)N1CCC(C(=O)OC)CC1.I. The molecule has 1 fully saturated rings. The van der Waals surface area contributed by atoms with Crippen molar-refractivity contribution in [3.05, 3.63) is 29.8 Å². The van der Waals surface area contributed by atoms with Crippen LogP contribution in [-0.2, 0) is 26.1 Å². The molecule has 0 amide bonds. The van der Waals surface area contributed by atoms with Crippen LogP contribution in [0.5, 0.6) is 0 Å². The molecule has 29 heavy (non-hydrogen) atoms. The summed E-state index contributed by atoms with van der Waals surface area (Å²) in [4.78, 5) is 18.8. The van der Waals surface area contributed by atoms with Crippen molar-refractivity contribution in [3.63, 3.8) is 0 Å². The van der Waals surface area contributed by atoms with Gasteiger partial charge in [0.15, 0.2) is 5.96 Å². The lowest BCUT2D eigenvalue weighted by atomic mass is 9.97. The third-order valence-corrected chi connectivity index (χ3v) is 6.71. The Bertz CT molecular complexity index is 806. The molecule has 0 radical (unpaired) electrons. The van der Waals surface area contributed by atoms with Crippen molar-refractivity contribution in [3.8, 4) is 0 Å². The number of methoxy groups -OCH3 is 1. The summed E-state index contributed by atoms with van der Waals surface area (Å²) in [6.45, 7) is 4.34. The van der Waals surface area contributed by atoms with Gasteiger partial charge in [-0.05, 0) is 31.4 Å². The number of halogens is 1. The molecule has 0 bridgehead atoms. The Labute approximate surface area is 190 Å². The van der Waals surface area contributed by atoms with Gasteiger partial charge in [-0.2, -0.15) is 0 Å². The largest absolute Gasteiger partial charge is 0.469 e. The number of carbonyl (C=O) groups is 1. The first-order chi connectivity index (χ1) is 13.3. The Kier molecular flexibility index (Phi) is 10.3. The van der Waals surface area contributed by atoms with Crippen LogP contribution in [0.1, 0.15) is 25.3 Å². The van der Waals surface area contributed by atoms with Gasteiger partial charge in [0, 0.05) is 33.7 Å². The molecular formula is C19H31IN4O4S. The van der Waals surface area contributed by atoms with Gasteiger partial charge >= 0.3 is 5.97 Å². The highest BCUT2D eigenvalue weighted by Crippen LogP contribution is 2.21. The molecule has 1 aliphatic rings. The van der Waals surface area contributed by atoms with Crippen LogP contribution in [0.3, 0.4) is 0 Å². The maximum absolute atomic E-state index is 12.6. The monoisotopic (exact) mass is 538 g/mol. The minimum absolute atomic E-state index is 0. The number of sulfonamides is 1. The van der Waals surface area contributed by atoms with Crippen molar-refractivity contribution in [2.75, 3.05) is 40.8 Å². The molecule has 10 heteroatoms. The molecule has 1 aliphatic heterocycles. The van der Waals surface area contributed by atoms with E-state index in [4.69, 9.17) is 4.74 Å². The van der Waals surface area contributed by atoms with Gasteiger partial charge in [-0.15, -0.1) is 24.0 Å². The van der Waals surface area contributed by atoms with Crippen molar-refractivity contribution in [2.45, 2.75) is 31.2 Å². The molecule has 8 nitrogen and oxygen atoms in total. The first kappa shape index (κ1) is 25.6. The molecule has 0 unspecified atom stereocenters. The van der Waals surface area contributed by atoms with E-state index in [1.807, 2.05) is 13.0 Å². The van der Waals surface area contributed by atoms with E-state index in [2.05, 4.69) is 15.2 Å². The van der Waals surface area contributed by atoms with Crippen LogP contribution in [-0.4, -0.2) is 70.4 Å². The number of aliphatic imine (C=N–C) groups is 1. The van der Waals surface area contributed by atoms with Gasteiger partial charge in [-0.1, -0.05) is 18.2 Å². The van der Waals surface area contributed by atoms with Crippen LogP contribution in [0.25, 0.3) is 0 Å². The Morgan fingerprint density at radius 1 is 1.28 bits per heavy atom. The summed E-state index contributed by atoms with van der Waals surface area (Å²) in [6, 6.07) is 6.92. The first-order valence-electron chi connectivity index (χ1n) is 9.42. The number of piperidine rings is 1. The molecule has 1 aromatic carbocycles. The van der Waals surface area contributed by atoms with E-state index in [1.54, 1.807) is 18.2 Å². The number of nitrogens with zero attached hydrogens (tertiary/aromatic N) is 3. The van der Waals surface area contributed by atoms with Gasteiger partial charge < -0.3 is 15.0 Å². The number of hydrogen-bond acceptors (Lipinski definition) is 5. The Morgan fingerprint density at radius 2 is 1.90 bits per heavy atom. The van der Waals surface area contributed by atoms with Crippen molar-refractivity contribution in [1.82, 2.24) is 14.5 Å². The zero-order valence-electron chi connectivity index (χ0n) is 17.4. The van der Waals surface area contributed by atoms with Gasteiger partial charge in [0.1, 0.15) is 0 Å². The number of benzene rings is 1. The molecular weight excluding hydrogens is 507 g/mol. The predicted molar refractivity (Wildman–Crippen MR) is 124 cm³/mol. The second kappa shape index (κ2) is 11.7. The zero-order valence-corrected chi connectivity index (χ0v) is 20.6. The molecule has 1 saturated heterocycles. The van der Waals surface area contributed by atoms with E-state index in [0.29, 0.717) is 38.0 Å². The fraction of sp³-hybridized carbons (Fsp3) is 0.579. The Balaban J connectivity index is 0.00000420. The van der Waals surface area contributed by atoms with E-state index < -0.39 is 10.0 Å². The number of likely N-dealkylation sites (tertiary alicyclic amines) is 1. The predicted octanol–water partition coefficient (Wildman–Crippen LogP) is 1.91. The van der Waals surface area contributed by atoms with E-state index >= 15 is 0 Å². The Hall–Kier alpha value is -1.40. The third kappa shape index (κ3) is 6.54. The van der Waals surface area contributed by atoms with Crippen molar-refractivity contribution in [1.29, 1.82) is 0 Å². The summed E-state index contributed by atoms with van der Waals surface area (Å²) in [7, 11) is 0.920. The fourth-order valence-electron chi connectivity index (χ4n) is 3.16. The highest BCUT2D eigenvalue weighted by Gasteiger charge is 2.27. The maximum Gasteiger partial charge on any atom is 0.308 e. The van der Waals surface area contributed by atoms with Crippen LogP contribution in [0, 0.1) is 5.92 Å². The van der Waals surface area contributed by atoms with Gasteiger partial charge in [0.2, 0.25) is 10.0 Å². The van der Waals surface area contributed by atoms with Crippen molar-refractivity contribution in [2.24, 2.45) is 10.9 Å². The molecule has 0 aliphatic carbocycles. The topological polar surface area (TPSA) is 91.3 Å². The summed E-state index contributed by atoms with van der Waals surface area (Å²) < 4.78 is 31.2. The fourth-order valence-corrected chi connectivity index (χ4v) is 4.27. The molecule has 0 atom stereocenters. The average Bonchev–Trinajstić information content (AvgIpc) is 2.70. The lowest BCUT2D eigenvalue weighted by molar-refractivity contribution is -0.146. The molecule has 0 saturated carbocycles. The number of nitrogens with one attached hydrogen (secondary N) is 1. The van der Waals surface area contributed by atoms with E-state index in [-0.39, 0.29) is 47.3 Å². The minimum Gasteiger partial charge on any atom is -0.469 e. The Morgan fingerprint density at radius 3 is 2.45 bits per heavy atom. The van der Waals surface area contributed by atoms with Crippen molar-refractivity contribution < 1.29 is 17.9 Å². The minimum atomic E-state index is -3.53. The number of carbonyl (C=O) groups excluding carboxylic acids is 1. The average molecular weight is 538 g/mol. The smallest absolute Gasteiger partial charge is 0.308 e.